The number of ether oxygens (including phenoxy) is 2. The number of nitrogens with one attached hydrogen (secondary N) is 1. The SMILES string of the molecule is CCCCCCCC=CC=CCCC=CC(O)C(COC1OC(CO)C(O)C(O)C1O)NC(=O)C(O)CCCCCCCCCCCCCCCCCCCCC. The lowest BCUT2D eigenvalue weighted by atomic mass is 9.99. The fourth-order valence-electron chi connectivity index (χ4n) is 7.23. The Morgan fingerprint density at radius 1 is 0.614 bits per heavy atom. The van der Waals surface area contributed by atoms with Gasteiger partial charge in [0.05, 0.1) is 25.4 Å². The minimum atomic E-state index is -1.62. The summed E-state index contributed by atoms with van der Waals surface area (Å²) in [6.45, 7) is 3.56. The van der Waals surface area contributed by atoms with Crippen molar-refractivity contribution in [3.63, 3.8) is 0 Å². The van der Waals surface area contributed by atoms with Crippen molar-refractivity contribution in [2.24, 2.45) is 0 Å². The van der Waals surface area contributed by atoms with E-state index in [2.05, 4.69) is 37.4 Å². The van der Waals surface area contributed by atoms with Gasteiger partial charge in [-0.1, -0.05) is 198 Å². The number of hydrogen-bond acceptors (Lipinski definition) is 9. The van der Waals surface area contributed by atoms with Gasteiger partial charge in [0.1, 0.15) is 30.5 Å². The Balaban J connectivity index is 2.40. The molecule has 1 aliphatic rings. The molecule has 0 radical (unpaired) electrons. The molecule has 1 amide bonds. The van der Waals surface area contributed by atoms with Gasteiger partial charge in [-0.2, -0.15) is 0 Å². The molecule has 334 valence electrons. The van der Waals surface area contributed by atoms with Crippen LogP contribution in [0.3, 0.4) is 0 Å². The van der Waals surface area contributed by atoms with Crippen LogP contribution in [0.15, 0.2) is 36.5 Å². The first-order chi connectivity index (χ1) is 27.8. The molecule has 0 aromatic rings. The van der Waals surface area contributed by atoms with Crippen LogP contribution >= 0.6 is 0 Å². The third kappa shape index (κ3) is 27.7. The van der Waals surface area contributed by atoms with E-state index in [1.165, 1.54) is 128 Å². The molecule has 1 fully saturated rings. The van der Waals surface area contributed by atoms with Crippen LogP contribution in [-0.2, 0) is 14.3 Å². The first-order valence-electron chi connectivity index (χ1n) is 23.3. The summed E-state index contributed by atoms with van der Waals surface area (Å²) in [6.07, 6.45) is 35.2. The topological polar surface area (TPSA) is 169 Å². The highest BCUT2D eigenvalue weighted by molar-refractivity contribution is 5.80. The Bertz CT molecular complexity index is 1010. The average Bonchev–Trinajstić information content (AvgIpc) is 3.21. The zero-order chi connectivity index (χ0) is 41.8. The van der Waals surface area contributed by atoms with Crippen molar-refractivity contribution in [2.45, 2.75) is 243 Å². The summed E-state index contributed by atoms with van der Waals surface area (Å²) >= 11 is 0. The Labute approximate surface area is 347 Å². The molecule has 0 aromatic heterocycles. The van der Waals surface area contributed by atoms with Gasteiger partial charge in [0.25, 0.3) is 0 Å². The molecule has 8 atom stereocenters. The van der Waals surface area contributed by atoms with Crippen molar-refractivity contribution < 1.29 is 44.9 Å². The van der Waals surface area contributed by atoms with Crippen molar-refractivity contribution in [2.75, 3.05) is 13.2 Å². The van der Waals surface area contributed by atoms with E-state index in [1.807, 2.05) is 12.2 Å². The van der Waals surface area contributed by atoms with Gasteiger partial charge < -0.3 is 45.4 Å². The Hall–Kier alpha value is -1.63. The first-order valence-corrected chi connectivity index (χ1v) is 23.3. The summed E-state index contributed by atoms with van der Waals surface area (Å²) in [7, 11) is 0. The molecule has 7 N–H and O–H groups in total. The monoisotopic (exact) mass is 810 g/mol. The van der Waals surface area contributed by atoms with Gasteiger partial charge in [0.2, 0.25) is 5.91 Å². The van der Waals surface area contributed by atoms with Crippen molar-refractivity contribution in [3.05, 3.63) is 36.5 Å². The minimum absolute atomic E-state index is 0.302. The van der Waals surface area contributed by atoms with E-state index in [4.69, 9.17) is 9.47 Å². The fourth-order valence-corrected chi connectivity index (χ4v) is 7.23. The highest BCUT2D eigenvalue weighted by atomic mass is 16.7. The second-order valence-corrected chi connectivity index (χ2v) is 16.4. The van der Waals surface area contributed by atoms with Crippen LogP contribution in [0.25, 0.3) is 0 Å². The van der Waals surface area contributed by atoms with Crippen LogP contribution in [0.1, 0.15) is 194 Å². The van der Waals surface area contributed by atoms with Crippen LogP contribution in [0.5, 0.6) is 0 Å². The third-order valence-corrected chi connectivity index (χ3v) is 11.1. The summed E-state index contributed by atoms with van der Waals surface area (Å²) in [4.78, 5) is 13.0. The molecule has 8 unspecified atom stereocenters. The summed E-state index contributed by atoms with van der Waals surface area (Å²) in [5.74, 6) is -0.632. The zero-order valence-electron chi connectivity index (χ0n) is 36.2. The van der Waals surface area contributed by atoms with E-state index in [0.717, 1.165) is 32.1 Å². The number of carbonyl (C=O) groups excluding carboxylic acids is 1. The number of unbranched alkanes of at least 4 members (excludes halogenated alkanes) is 24. The molecule has 1 saturated heterocycles. The average molecular weight is 810 g/mol. The van der Waals surface area contributed by atoms with Gasteiger partial charge in [0.15, 0.2) is 6.29 Å². The molecule has 1 rings (SSSR count). The van der Waals surface area contributed by atoms with Gasteiger partial charge in [-0.3, -0.25) is 4.79 Å². The van der Waals surface area contributed by atoms with Crippen molar-refractivity contribution in [1.29, 1.82) is 0 Å². The Kier molecular flexibility index (Phi) is 35.0. The molecule has 1 aliphatic heterocycles. The van der Waals surface area contributed by atoms with Gasteiger partial charge in [-0.25, -0.2) is 0 Å². The smallest absolute Gasteiger partial charge is 0.249 e. The Morgan fingerprint density at radius 3 is 1.58 bits per heavy atom. The van der Waals surface area contributed by atoms with E-state index in [9.17, 15) is 35.4 Å². The minimum Gasteiger partial charge on any atom is -0.394 e. The fraction of sp³-hybridized carbons (Fsp3) is 0.851. The molecule has 57 heavy (non-hydrogen) atoms. The molecular weight excluding hydrogens is 723 g/mol. The number of rotatable bonds is 38. The van der Waals surface area contributed by atoms with E-state index in [1.54, 1.807) is 6.08 Å². The summed E-state index contributed by atoms with van der Waals surface area (Å²) < 4.78 is 11.1. The van der Waals surface area contributed by atoms with Gasteiger partial charge in [0, 0.05) is 0 Å². The Morgan fingerprint density at radius 2 is 1.07 bits per heavy atom. The number of aliphatic hydroxyl groups excluding tert-OH is 6. The van der Waals surface area contributed by atoms with Crippen LogP contribution in [0, 0.1) is 0 Å². The predicted octanol–water partition coefficient (Wildman–Crippen LogP) is 8.64. The predicted molar refractivity (Wildman–Crippen MR) is 232 cm³/mol. The summed E-state index contributed by atoms with van der Waals surface area (Å²) in [5.41, 5.74) is 0. The first kappa shape index (κ1) is 53.4. The maximum atomic E-state index is 13.0. The normalized spacial score (nSPS) is 21.9. The van der Waals surface area contributed by atoms with E-state index < -0.39 is 61.5 Å². The second-order valence-electron chi connectivity index (χ2n) is 16.4. The highest BCUT2D eigenvalue weighted by Gasteiger charge is 2.44. The van der Waals surface area contributed by atoms with E-state index in [-0.39, 0.29) is 6.61 Å². The van der Waals surface area contributed by atoms with Crippen molar-refractivity contribution in [1.82, 2.24) is 5.32 Å². The third-order valence-electron chi connectivity index (χ3n) is 11.1. The van der Waals surface area contributed by atoms with Crippen LogP contribution in [-0.4, -0.2) is 98.7 Å². The molecule has 0 spiro atoms. The lowest BCUT2D eigenvalue weighted by molar-refractivity contribution is -0.302. The van der Waals surface area contributed by atoms with Crippen LogP contribution in [0.4, 0.5) is 0 Å². The number of carbonyl (C=O) groups is 1. The van der Waals surface area contributed by atoms with Crippen LogP contribution in [0.2, 0.25) is 0 Å². The zero-order valence-corrected chi connectivity index (χ0v) is 36.2. The molecule has 10 heteroatoms. The second kappa shape index (κ2) is 37.4. The quantitative estimate of drug-likeness (QED) is 0.0183. The maximum absolute atomic E-state index is 13.0. The molecule has 1 heterocycles. The lowest BCUT2D eigenvalue weighted by Gasteiger charge is -2.40. The standard InChI is InChI=1S/C47H87NO9/c1-3-5-7-9-11-13-15-17-18-19-20-21-22-24-26-28-30-32-34-36-41(51)46(55)48-39(38-56-47-45(54)44(53)43(52)42(37-49)57-47)40(50)35-33-31-29-27-25-23-16-14-12-10-8-6-4-2/h16,23,25,27,33,35,39-45,47,49-54H,3-15,17-22,24,26,28-32,34,36-38H2,1-2H3,(H,48,55). The molecule has 10 nitrogen and oxygen atoms in total. The van der Waals surface area contributed by atoms with Crippen molar-refractivity contribution in [3.8, 4) is 0 Å². The van der Waals surface area contributed by atoms with Crippen LogP contribution < -0.4 is 5.32 Å². The van der Waals surface area contributed by atoms with Gasteiger partial charge >= 0.3 is 0 Å². The molecule has 0 saturated carbocycles. The molecular formula is C47H87NO9. The maximum Gasteiger partial charge on any atom is 0.249 e. The molecule has 0 aromatic carbocycles. The summed E-state index contributed by atoms with van der Waals surface area (Å²) in [6, 6.07) is -1.00. The number of aliphatic hydroxyl groups is 6. The number of allylic oxidation sites excluding steroid dienone is 5. The summed E-state index contributed by atoms with van der Waals surface area (Å²) in [5, 5.41) is 64.6. The molecule has 0 aliphatic carbocycles. The van der Waals surface area contributed by atoms with E-state index in [0.29, 0.717) is 19.3 Å². The van der Waals surface area contributed by atoms with E-state index >= 15 is 0 Å². The van der Waals surface area contributed by atoms with Gasteiger partial charge in [-0.15, -0.1) is 0 Å². The highest BCUT2D eigenvalue weighted by Crippen LogP contribution is 2.23. The number of amides is 1. The lowest BCUT2D eigenvalue weighted by Crippen LogP contribution is -2.60. The molecule has 0 bridgehead atoms. The largest absolute Gasteiger partial charge is 0.394 e. The van der Waals surface area contributed by atoms with Gasteiger partial charge in [-0.05, 0) is 32.1 Å². The van der Waals surface area contributed by atoms with Crippen molar-refractivity contribution >= 4 is 5.91 Å². The number of hydrogen-bond donors (Lipinski definition) is 7.